The Morgan fingerprint density at radius 1 is 1.12 bits per heavy atom. The van der Waals surface area contributed by atoms with Gasteiger partial charge in [-0.3, -0.25) is 14.4 Å². The highest BCUT2D eigenvalue weighted by Gasteiger charge is 2.59. The van der Waals surface area contributed by atoms with E-state index in [1.165, 1.54) is 0 Å². The van der Waals surface area contributed by atoms with Crippen molar-refractivity contribution in [3.63, 3.8) is 0 Å². The van der Waals surface area contributed by atoms with Crippen LogP contribution < -0.4 is 10.6 Å². The van der Waals surface area contributed by atoms with Gasteiger partial charge < -0.3 is 10.6 Å². The molecule has 2 aliphatic carbocycles. The van der Waals surface area contributed by atoms with Crippen LogP contribution in [0, 0.1) is 23.2 Å². The molecule has 24 heavy (non-hydrogen) atoms. The van der Waals surface area contributed by atoms with Crippen LogP contribution in [0.2, 0.25) is 0 Å². The van der Waals surface area contributed by atoms with Gasteiger partial charge >= 0.3 is 0 Å². The number of carbonyl (C=O) groups is 3. The number of ketones is 1. The topological polar surface area (TPSA) is 75.3 Å². The Morgan fingerprint density at radius 2 is 1.92 bits per heavy atom. The molecule has 4 rings (SSSR count). The summed E-state index contributed by atoms with van der Waals surface area (Å²) >= 11 is 0. The lowest BCUT2D eigenvalue weighted by atomic mass is 9.48. The predicted molar refractivity (Wildman–Crippen MR) is 88.9 cm³/mol. The van der Waals surface area contributed by atoms with E-state index < -0.39 is 0 Å². The molecule has 0 aromatic heterocycles. The van der Waals surface area contributed by atoms with Gasteiger partial charge in [-0.15, -0.1) is 0 Å². The average Bonchev–Trinajstić information content (AvgIpc) is 2.62. The summed E-state index contributed by atoms with van der Waals surface area (Å²) in [4.78, 5) is 37.0. The number of fused-ring (bicyclic) bond motifs is 5. The SMILES string of the molecule is C[C@]12CCNC(=O)C=C1CCC1[C@@H]2C(=O)C[C@]2(C)NC(=O)CC[C@@H]12. The number of amides is 2. The molecule has 5 nitrogen and oxygen atoms in total. The van der Waals surface area contributed by atoms with Crippen molar-refractivity contribution in [3.8, 4) is 0 Å². The number of rotatable bonds is 0. The molecule has 0 radical (unpaired) electrons. The van der Waals surface area contributed by atoms with E-state index in [2.05, 4.69) is 24.5 Å². The number of hydrogen-bond acceptors (Lipinski definition) is 3. The van der Waals surface area contributed by atoms with Crippen LogP contribution in [0.4, 0.5) is 0 Å². The molecule has 130 valence electrons. The fourth-order valence-corrected chi connectivity index (χ4v) is 6.09. The summed E-state index contributed by atoms with van der Waals surface area (Å²) in [5.41, 5.74) is 0.543. The normalized spacial score (nSPS) is 45.0. The zero-order chi connectivity index (χ0) is 17.1. The van der Waals surface area contributed by atoms with Crippen molar-refractivity contribution >= 4 is 17.6 Å². The minimum atomic E-state index is -0.385. The third kappa shape index (κ3) is 2.16. The first-order chi connectivity index (χ1) is 11.3. The molecular formula is C19H26N2O3. The van der Waals surface area contributed by atoms with Gasteiger partial charge in [-0.2, -0.15) is 0 Å². The first-order valence-electron chi connectivity index (χ1n) is 9.16. The summed E-state index contributed by atoms with van der Waals surface area (Å²) in [6.45, 7) is 4.86. The van der Waals surface area contributed by atoms with Crippen molar-refractivity contribution < 1.29 is 14.4 Å². The predicted octanol–water partition coefficient (Wildman–Crippen LogP) is 1.72. The third-order valence-corrected chi connectivity index (χ3v) is 7.17. The maximum Gasteiger partial charge on any atom is 0.243 e. The number of nitrogens with one attached hydrogen (secondary N) is 2. The molecule has 2 amide bonds. The van der Waals surface area contributed by atoms with E-state index in [1.54, 1.807) is 6.08 Å². The molecule has 1 unspecified atom stereocenters. The second-order valence-corrected chi connectivity index (χ2v) is 8.56. The van der Waals surface area contributed by atoms with Gasteiger partial charge in [-0.25, -0.2) is 0 Å². The van der Waals surface area contributed by atoms with E-state index in [4.69, 9.17) is 0 Å². The van der Waals surface area contributed by atoms with Crippen LogP contribution >= 0.6 is 0 Å². The molecule has 5 atom stereocenters. The average molecular weight is 330 g/mol. The van der Waals surface area contributed by atoms with E-state index in [9.17, 15) is 14.4 Å². The standard InChI is InChI=1S/C19H26N2O3/c1-18-7-8-20-16(24)9-11(18)3-4-12-13-5-6-15(23)21-19(13,2)10-14(22)17(12)18/h9,12-13,17H,3-8,10H2,1-2H3,(H,20,24)(H,21,23)/t12?,13-,17+,18-,19-/m0/s1. The highest BCUT2D eigenvalue weighted by Crippen LogP contribution is 2.58. The van der Waals surface area contributed by atoms with Crippen LogP contribution in [0.25, 0.3) is 0 Å². The summed E-state index contributed by atoms with van der Waals surface area (Å²) in [6.07, 6.45) is 6.27. The fourth-order valence-electron chi connectivity index (χ4n) is 6.09. The van der Waals surface area contributed by atoms with Crippen molar-refractivity contribution in [2.75, 3.05) is 6.54 Å². The first kappa shape index (κ1) is 15.9. The maximum atomic E-state index is 13.2. The maximum absolute atomic E-state index is 13.2. The second-order valence-electron chi connectivity index (χ2n) is 8.56. The van der Waals surface area contributed by atoms with E-state index in [1.807, 2.05) is 0 Å². The van der Waals surface area contributed by atoms with Crippen molar-refractivity contribution in [1.82, 2.24) is 10.6 Å². The second kappa shape index (κ2) is 5.17. The van der Waals surface area contributed by atoms with Crippen LogP contribution in [0.1, 0.15) is 52.4 Å². The van der Waals surface area contributed by atoms with Gasteiger partial charge in [0.2, 0.25) is 11.8 Å². The monoisotopic (exact) mass is 330 g/mol. The van der Waals surface area contributed by atoms with Crippen LogP contribution in [-0.4, -0.2) is 29.7 Å². The van der Waals surface area contributed by atoms with E-state index in [-0.39, 0.29) is 34.5 Å². The van der Waals surface area contributed by atoms with Gasteiger partial charge in [-0.1, -0.05) is 12.5 Å². The molecule has 2 N–H and O–H groups in total. The van der Waals surface area contributed by atoms with Crippen LogP contribution in [0.5, 0.6) is 0 Å². The zero-order valence-electron chi connectivity index (χ0n) is 14.5. The molecule has 0 bridgehead atoms. The lowest BCUT2D eigenvalue weighted by Gasteiger charge is -2.58. The van der Waals surface area contributed by atoms with Gasteiger partial charge in [-0.05, 0) is 44.4 Å². The van der Waals surface area contributed by atoms with Crippen LogP contribution in [0.15, 0.2) is 11.6 Å². The van der Waals surface area contributed by atoms with Gasteiger partial charge in [0.1, 0.15) is 5.78 Å². The molecule has 3 fully saturated rings. The zero-order valence-corrected chi connectivity index (χ0v) is 14.5. The minimum absolute atomic E-state index is 0.0155. The fraction of sp³-hybridized carbons (Fsp3) is 0.737. The molecule has 4 aliphatic rings. The van der Waals surface area contributed by atoms with Crippen molar-refractivity contribution in [1.29, 1.82) is 0 Å². The molecule has 0 spiro atoms. The van der Waals surface area contributed by atoms with Crippen LogP contribution in [-0.2, 0) is 14.4 Å². The Kier molecular flexibility index (Phi) is 3.42. The summed E-state index contributed by atoms with van der Waals surface area (Å²) in [6, 6.07) is 0. The Morgan fingerprint density at radius 3 is 2.71 bits per heavy atom. The molecule has 0 aromatic rings. The molecular weight excluding hydrogens is 304 g/mol. The lowest BCUT2D eigenvalue weighted by Crippen LogP contribution is -2.65. The number of Topliss-reactive ketones (excluding diaryl/α,β-unsaturated/α-hetero) is 1. The Bertz CT molecular complexity index is 655. The summed E-state index contributed by atoms with van der Waals surface area (Å²) < 4.78 is 0. The quantitative estimate of drug-likeness (QED) is 0.710. The van der Waals surface area contributed by atoms with E-state index in [0.717, 1.165) is 31.3 Å². The molecule has 2 saturated carbocycles. The molecule has 1 saturated heterocycles. The lowest BCUT2D eigenvalue weighted by molar-refractivity contribution is -0.146. The van der Waals surface area contributed by atoms with Gasteiger partial charge in [0, 0.05) is 42.3 Å². The van der Waals surface area contributed by atoms with Crippen molar-refractivity contribution in [3.05, 3.63) is 11.6 Å². The Hall–Kier alpha value is -1.65. The van der Waals surface area contributed by atoms with E-state index in [0.29, 0.717) is 31.2 Å². The third-order valence-electron chi connectivity index (χ3n) is 7.17. The molecule has 2 aliphatic heterocycles. The minimum Gasteiger partial charge on any atom is -0.353 e. The number of carbonyl (C=O) groups excluding carboxylic acids is 3. The van der Waals surface area contributed by atoms with E-state index >= 15 is 0 Å². The summed E-state index contributed by atoms with van der Waals surface area (Å²) in [7, 11) is 0. The molecule has 2 heterocycles. The Labute approximate surface area is 142 Å². The van der Waals surface area contributed by atoms with Gasteiger partial charge in [0.25, 0.3) is 0 Å². The Balaban J connectivity index is 1.74. The molecule has 0 aromatic carbocycles. The van der Waals surface area contributed by atoms with Gasteiger partial charge in [0.15, 0.2) is 0 Å². The highest BCUT2D eigenvalue weighted by atomic mass is 16.2. The largest absolute Gasteiger partial charge is 0.353 e. The number of piperidine rings is 1. The first-order valence-corrected chi connectivity index (χ1v) is 9.16. The van der Waals surface area contributed by atoms with Crippen LogP contribution in [0.3, 0.4) is 0 Å². The summed E-state index contributed by atoms with van der Waals surface area (Å²) in [5.74, 6) is 0.981. The number of allylic oxidation sites excluding steroid dienone is 1. The molecule has 5 heteroatoms. The van der Waals surface area contributed by atoms with Gasteiger partial charge in [0.05, 0.1) is 0 Å². The number of hydrogen-bond donors (Lipinski definition) is 2. The van der Waals surface area contributed by atoms with Crippen molar-refractivity contribution in [2.24, 2.45) is 23.2 Å². The summed E-state index contributed by atoms with van der Waals surface area (Å²) in [5, 5.41) is 6.04. The highest BCUT2D eigenvalue weighted by molar-refractivity contribution is 5.91. The smallest absolute Gasteiger partial charge is 0.243 e. The van der Waals surface area contributed by atoms with Crippen molar-refractivity contribution in [2.45, 2.75) is 57.9 Å².